The third kappa shape index (κ3) is 6.60. The van der Waals surface area contributed by atoms with E-state index in [1.165, 1.54) is 42.3 Å². The molecule has 0 saturated heterocycles. The molecule has 0 atom stereocenters. The molecule has 4 aromatic rings. The SMILES string of the molecule is Cc1ccc(SNc2ccc(Oc3ccc(NS(=O)(=O)c4ccc(C)cc4)c(F)c3)cc2C(=O)O)cc1. The molecule has 0 radical (unpaired) electrons. The summed E-state index contributed by atoms with van der Waals surface area (Å²) < 4.78 is 50.7. The van der Waals surface area contributed by atoms with Crippen molar-refractivity contribution in [2.75, 3.05) is 9.44 Å². The number of hydrogen-bond donors (Lipinski definition) is 3. The van der Waals surface area contributed by atoms with E-state index in [2.05, 4.69) is 9.44 Å². The maximum absolute atomic E-state index is 14.7. The predicted octanol–water partition coefficient (Wildman–Crippen LogP) is 6.85. The highest BCUT2D eigenvalue weighted by molar-refractivity contribution is 8.00. The predicted molar refractivity (Wildman–Crippen MR) is 143 cm³/mol. The van der Waals surface area contributed by atoms with Crippen molar-refractivity contribution in [3.8, 4) is 11.5 Å². The van der Waals surface area contributed by atoms with E-state index in [0.717, 1.165) is 22.1 Å². The van der Waals surface area contributed by atoms with Crippen LogP contribution < -0.4 is 14.2 Å². The van der Waals surface area contributed by atoms with Gasteiger partial charge in [-0.1, -0.05) is 35.4 Å². The summed E-state index contributed by atoms with van der Waals surface area (Å²) >= 11 is 1.27. The number of aryl methyl sites for hydroxylation is 2. The van der Waals surface area contributed by atoms with Gasteiger partial charge in [0, 0.05) is 11.0 Å². The van der Waals surface area contributed by atoms with Crippen molar-refractivity contribution in [3.63, 3.8) is 0 Å². The zero-order valence-corrected chi connectivity index (χ0v) is 21.5. The number of anilines is 2. The number of carbonyl (C=O) groups is 1. The monoisotopic (exact) mass is 538 g/mol. The Balaban J connectivity index is 1.48. The molecule has 37 heavy (non-hydrogen) atoms. The molecule has 3 N–H and O–H groups in total. The largest absolute Gasteiger partial charge is 0.478 e. The molecule has 0 fully saturated rings. The Hall–Kier alpha value is -4.02. The maximum Gasteiger partial charge on any atom is 0.337 e. The molecule has 0 unspecified atom stereocenters. The van der Waals surface area contributed by atoms with E-state index in [4.69, 9.17) is 4.74 Å². The van der Waals surface area contributed by atoms with Crippen LogP contribution in [-0.2, 0) is 10.0 Å². The van der Waals surface area contributed by atoms with Gasteiger partial charge in [-0.15, -0.1) is 0 Å². The fourth-order valence-corrected chi connectivity index (χ4v) is 5.02. The van der Waals surface area contributed by atoms with E-state index >= 15 is 0 Å². The third-order valence-electron chi connectivity index (χ3n) is 5.27. The normalized spacial score (nSPS) is 11.1. The first-order valence-electron chi connectivity index (χ1n) is 11.0. The number of rotatable bonds is 9. The summed E-state index contributed by atoms with van der Waals surface area (Å²) in [6.45, 7) is 3.81. The Labute approximate surface area is 218 Å². The summed E-state index contributed by atoms with van der Waals surface area (Å²) in [5.41, 5.74) is 2.11. The lowest BCUT2D eigenvalue weighted by atomic mass is 10.2. The molecule has 190 valence electrons. The molecule has 0 aliphatic rings. The van der Waals surface area contributed by atoms with Gasteiger partial charge < -0.3 is 14.6 Å². The van der Waals surface area contributed by atoms with Crippen LogP contribution in [0.15, 0.2) is 94.7 Å². The highest BCUT2D eigenvalue weighted by atomic mass is 32.2. The van der Waals surface area contributed by atoms with Crippen LogP contribution in [0.25, 0.3) is 0 Å². The lowest BCUT2D eigenvalue weighted by Crippen LogP contribution is -2.14. The number of carboxylic acids is 1. The van der Waals surface area contributed by atoms with Crippen molar-refractivity contribution in [1.29, 1.82) is 0 Å². The van der Waals surface area contributed by atoms with E-state index < -0.39 is 21.8 Å². The van der Waals surface area contributed by atoms with Crippen molar-refractivity contribution < 1.29 is 27.4 Å². The molecule has 0 saturated carbocycles. The highest BCUT2D eigenvalue weighted by Gasteiger charge is 2.17. The summed E-state index contributed by atoms with van der Waals surface area (Å²) in [5, 5.41) is 9.66. The van der Waals surface area contributed by atoms with Gasteiger partial charge in [0.25, 0.3) is 10.0 Å². The van der Waals surface area contributed by atoms with Gasteiger partial charge in [0.2, 0.25) is 0 Å². The Morgan fingerprint density at radius 3 is 2.00 bits per heavy atom. The molecule has 7 nitrogen and oxygen atoms in total. The van der Waals surface area contributed by atoms with Gasteiger partial charge in [-0.25, -0.2) is 17.6 Å². The smallest absolute Gasteiger partial charge is 0.337 e. The van der Waals surface area contributed by atoms with E-state index in [1.807, 2.05) is 38.1 Å². The maximum atomic E-state index is 14.7. The number of halogens is 1. The van der Waals surface area contributed by atoms with Gasteiger partial charge in [-0.3, -0.25) is 4.72 Å². The van der Waals surface area contributed by atoms with E-state index in [-0.39, 0.29) is 27.6 Å². The van der Waals surface area contributed by atoms with Crippen molar-refractivity contribution >= 4 is 39.3 Å². The van der Waals surface area contributed by atoms with Crippen LogP contribution in [0.3, 0.4) is 0 Å². The zero-order valence-electron chi connectivity index (χ0n) is 19.9. The fraction of sp³-hybridized carbons (Fsp3) is 0.0741. The van der Waals surface area contributed by atoms with Gasteiger partial charge in [0.1, 0.15) is 11.5 Å². The second kappa shape index (κ2) is 10.9. The Bertz CT molecular complexity index is 1540. The molecule has 4 rings (SSSR count). The summed E-state index contributed by atoms with van der Waals surface area (Å²) in [5.74, 6) is -1.76. The molecule has 4 aromatic carbocycles. The number of sulfonamides is 1. The molecule has 0 aliphatic carbocycles. The van der Waals surface area contributed by atoms with Gasteiger partial charge in [-0.2, -0.15) is 0 Å². The quantitative estimate of drug-likeness (QED) is 0.200. The van der Waals surface area contributed by atoms with Crippen LogP contribution >= 0.6 is 11.9 Å². The summed E-state index contributed by atoms with van der Waals surface area (Å²) in [4.78, 5) is 12.7. The first-order valence-corrected chi connectivity index (χ1v) is 13.3. The molecule has 0 aliphatic heterocycles. The van der Waals surface area contributed by atoms with Crippen LogP contribution in [0.5, 0.6) is 11.5 Å². The Kier molecular flexibility index (Phi) is 7.70. The van der Waals surface area contributed by atoms with Crippen molar-refractivity contribution in [1.82, 2.24) is 0 Å². The van der Waals surface area contributed by atoms with E-state index in [0.29, 0.717) is 5.69 Å². The summed E-state index contributed by atoms with van der Waals surface area (Å²) in [6.07, 6.45) is 0. The molecule has 0 spiro atoms. The van der Waals surface area contributed by atoms with Gasteiger partial charge in [0.15, 0.2) is 5.82 Å². The van der Waals surface area contributed by atoms with Crippen molar-refractivity contribution in [2.45, 2.75) is 23.6 Å². The Morgan fingerprint density at radius 1 is 0.838 bits per heavy atom. The minimum atomic E-state index is -3.98. The summed E-state index contributed by atoms with van der Waals surface area (Å²) in [6, 6.07) is 22.0. The minimum Gasteiger partial charge on any atom is -0.478 e. The first-order chi connectivity index (χ1) is 17.6. The fourth-order valence-electron chi connectivity index (χ4n) is 3.27. The van der Waals surface area contributed by atoms with Crippen LogP contribution in [0.1, 0.15) is 21.5 Å². The molecular formula is C27H23FN2O5S2. The van der Waals surface area contributed by atoms with Crippen molar-refractivity contribution in [2.24, 2.45) is 0 Å². The van der Waals surface area contributed by atoms with Gasteiger partial charge in [0.05, 0.1) is 21.8 Å². The van der Waals surface area contributed by atoms with Crippen LogP contribution in [0.2, 0.25) is 0 Å². The highest BCUT2D eigenvalue weighted by Crippen LogP contribution is 2.31. The summed E-state index contributed by atoms with van der Waals surface area (Å²) in [7, 11) is -3.98. The number of ether oxygens (including phenoxy) is 1. The van der Waals surface area contributed by atoms with E-state index in [9.17, 15) is 22.7 Å². The zero-order chi connectivity index (χ0) is 26.6. The lowest BCUT2D eigenvalue weighted by molar-refractivity contribution is 0.0697. The second-order valence-corrected chi connectivity index (χ2v) is 10.8. The first kappa shape index (κ1) is 26.1. The molecule has 0 aromatic heterocycles. The topological polar surface area (TPSA) is 105 Å². The van der Waals surface area contributed by atoms with E-state index in [1.54, 1.807) is 24.3 Å². The average Bonchev–Trinajstić information content (AvgIpc) is 2.86. The number of aromatic carboxylic acids is 1. The second-order valence-electron chi connectivity index (χ2n) is 8.19. The standard InChI is InChI=1S/C27H23FN2O5S2/c1-17-3-9-21(10-4-17)36-29-25-13-7-19(15-23(25)27(31)32)35-20-8-14-26(24(28)16-20)30-37(33,34)22-11-5-18(2)6-12-22/h3-16,29-30H,1-2H3,(H,31,32). The van der Waals surface area contributed by atoms with Crippen LogP contribution in [0.4, 0.5) is 15.8 Å². The minimum absolute atomic E-state index is 0.00765. The number of nitrogens with one attached hydrogen (secondary N) is 2. The molecule has 0 heterocycles. The molecule has 0 bridgehead atoms. The number of hydrogen-bond acceptors (Lipinski definition) is 6. The molecular weight excluding hydrogens is 515 g/mol. The van der Waals surface area contributed by atoms with Gasteiger partial charge >= 0.3 is 5.97 Å². The lowest BCUT2D eigenvalue weighted by Gasteiger charge is -2.13. The number of carboxylic acid groups (broad SMARTS) is 1. The third-order valence-corrected chi connectivity index (χ3v) is 7.48. The molecule has 0 amide bonds. The number of benzene rings is 4. The van der Waals surface area contributed by atoms with Crippen LogP contribution in [0, 0.1) is 19.7 Å². The van der Waals surface area contributed by atoms with Gasteiger partial charge in [-0.05, 0) is 80.4 Å². The Morgan fingerprint density at radius 2 is 1.41 bits per heavy atom. The molecule has 10 heteroatoms. The van der Waals surface area contributed by atoms with Crippen molar-refractivity contribution in [3.05, 3.63) is 107 Å². The van der Waals surface area contributed by atoms with Crippen LogP contribution in [-0.4, -0.2) is 19.5 Å². The average molecular weight is 539 g/mol.